The van der Waals surface area contributed by atoms with Gasteiger partial charge >= 0.3 is 26.2 Å². The van der Waals surface area contributed by atoms with E-state index < -0.39 is 0 Å². The number of fused-ring (bicyclic) bond motifs is 3. The molecule has 0 N–H and O–H groups in total. The Labute approximate surface area is 283 Å². The van der Waals surface area contributed by atoms with Crippen molar-refractivity contribution in [2.24, 2.45) is 16.7 Å². The van der Waals surface area contributed by atoms with Gasteiger partial charge in [-0.3, -0.25) is 0 Å². The van der Waals surface area contributed by atoms with Gasteiger partial charge in [0.25, 0.3) is 0 Å². The third kappa shape index (κ3) is 5.76. The Morgan fingerprint density at radius 3 is 1.54 bits per heavy atom. The average Bonchev–Trinajstić information content (AvgIpc) is 3.41. The molecule has 221 valence electrons. The number of allylic oxidation sites excluding steroid dienone is 4. The maximum atomic E-state index is 2.63. The Balaban J connectivity index is 0.00000196. The molecule has 0 saturated heterocycles. The van der Waals surface area contributed by atoms with Gasteiger partial charge in [-0.1, -0.05) is 117 Å². The van der Waals surface area contributed by atoms with E-state index in [1.165, 1.54) is 33.4 Å². The number of rotatable bonds is 2. The minimum atomic E-state index is 0. The fourth-order valence-corrected chi connectivity index (χ4v) is 8.01. The SMILES string of the molecule is Cc1cc2c(cc1C(C)(C)C)-c1cc(C(C)(C)C)c(C)cc1C2C1(C(C)C)C[CH-]C2=C1C=C(C(C)(C)C)C2.[Cl-].[Cl-].[Zr+3]. The van der Waals surface area contributed by atoms with Gasteiger partial charge in [0.2, 0.25) is 0 Å². The predicted molar refractivity (Wildman–Crippen MR) is 166 cm³/mol. The summed E-state index contributed by atoms with van der Waals surface area (Å²) in [5.41, 5.74) is 17.3. The monoisotopic (exact) mass is 667 g/mol. The van der Waals surface area contributed by atoms with Crippen LogP contribution in [0, 0.1) is 37.0 Å². The van der Waals surface area contributed by atoms with Crippen molar-refractivity contribution in [3.8, 4) is 11.1 Å². The zero-order chi connectivity index (χ0) is 28.2. The first-order chi connectivity index (χ1) is 17.4. The molecule has 2 aromatic carbocycles. The fraction of sp³-hybridized carbons (Fsp3) is 0.553. The Bertz CT molecular complexity index is 1320. The Morgan fingerprint density at radius 2 is 1.17 bits per heavy atom. The van der Waals surface area contributed by atoms with E-state index in [9.17, 15) is 0 Å². The summed E-state index contributed by atoms with van der Waals surface area (Å²) in [6.45, 7) is 31.0. The molecule has 0 amide bonds. The molecule has 0 fully saturated rings. The first-order valence-corrected chi connectivity index (χ1v) is 15.0. The minimum absolute atomic E-state index is 0. The maximum absolute atomic E-state index is 2.63. The molecule has 0 aromatic heterocycles. The van der Waals surface area contributed by atoms with E-state index in [4.69, 9.17) is 0 Å². The normalized spacial score (nSPS) is 20.0. The molecule has 3 aliphatic rings. The Morgan fingerprint density at radius 1 is 0.732 bits per heavy atom. The van der Waals surface area contributed by atoms with Crippen molar-refractivity contribution in [1.29, 1.82) is 0 Å². The molecule has 3 aliphatic carbocycles. The molecular formula is C38H51Cl2Zr. The summed E-state index contributed by atoms with van der Waals surface area (Å²) in [6, 6.07) is 10.3. The van der Waals surface area contributed by atoms with E-state index in [0.29, 0.717) is 11.8 Å². The summed E-state index contributed by atoms with van der Waals surface area (Å²) < 4.78 is 0. The van der Waals surface area contributed by atoms with E-state index in [0.717, 1.165) is 12.8 Å². The standard InChI is InChI=1S/C38H51.2ClH.Zr/c1-22(2)38(15-14-25-18-26(19-33(25)38)35(5,6)7)34-29-16-23(3)31(36(8,9)10)20-27(29)28-21-32(37(11,12)13)24(4)17-30(28)34;;;/h14,16-17,19-22,34H,15,18H2,1-13H3;2*1H;/q-1;;;+3/p-2. The topological polar surface area (TPSA) is 0 Å². The molecular weight excluding hydrogens is 619 g/mol. The van der Waals surface area contributed by atoms with Crippen molar-refractivity contribution in [3.63, 3.8) is 0 Å². The summed E-state index contributed by atoms with van der Waals surface area (Å²) >= 11 is 0. The van der Waals surface area contributed by atoms with Crippen molar-refractivity contribution in [3.05, 3.63) is 86.9 Å². The second-order valence-electron chi connectivity index (χ2n) is 16.1. The first-order valence-electron chi connectivity index (χ1n) is 15.0. The molecule has 0 saturated carbocycles. The Kier molecular flexibility index (Phi) is 10.3. The van der Waals surface area contributed by atoms with Crippen LogP contribution in [0.4, 0.5) is 0 Å². The summed E-state index contributed by atoms with van der Waals surface area (Å²) in [5, 5.41) is 0. The number of hydrogen-bond donors (Lipinski definition) is 0. The van der Waals surface area contributed by atoms with E-state index in [1.807, 2.05) is 0 Å². The summed E-state index contributed by atoms with van der Waals surface area (Å²) in [6.07, 6.45) is 7.51. The average molecular weight is 670 g/mol. The van der Waals surface area contributed by atoms with Gasteiger partial charge in [0, 0.05) is 5.92 Å². The molecule has 41 heavy (non-hydrogen) atoms. The van der Waals surface area contributed by atoms with Gasteiger partial charge in [-0.2, -0.15) is 5.57 Å². The van der Waals surface area contributed by atoms with Crippen LogP contribution in [0.25, 0.3) is 11.1 Å². The minimum Gasteiger partial charge on any atom is -1.00 e. The van der Waals surface area contributed by atoms with Crippen LogP contribution in [0.5, 0.6) is 0 Å². The molecule has 0 bridgehead atoms. The Hall–Kier alpha value is -0.747. The second kappa shape index (κ2) is 11.6. The number of benzene rings is 2. The summed E-state index contributed by atoms with van der Waals surface area (Å²) in [5.74, 6) is 0.920. The molecule has 0 heterocycles. The van der Waals surface area contributed by atoms with Crippen LogP contribution in [-0.2, 0) is 37.0 Å². The summed E-state index contributed by atoms with van der Waals surface area (Å²) in [4.78, 5) is 0. The number of halogens is 2. The largest absolute Gasteiger partial charge is 3.00 e. The van der Waals surface area contributed by atoms with Gasteiger partial charge in [-0.25, -0.2) is 12.0 Å². The smallest absolute Gasteiger partial charge is 1.00 e. The van der Waals surface area contributed by atoms with E-state index >= 15 is 0 Å². The molecule has 1 radical (unpaired) electrons. The van der Waals surface area contributed by atoms with Gasteiger partial charge in [-0.15, -0.1) is 12.5 Å². The number of hydrogen-bond acceptors (Lipinski definition) is 0. The predicted octanol–water partition coefficient (Wildman–Crippen LogP) is 4.94. The van der Waals surface area contributed by atoms with Gasteiger partial charge in [0.15, 0.2) is 0 Å². The molecule has 0 nitrogen and oxygen atoms in total. The maximum Gasteiger partial charge on any atom is 3.00 e. The van der Waals surface area contributed by atoms with Crippen LogP contribution in [-0.4, -0.2) is 0 Å². The molecule has 1 unspecified atom stereocenters. The van der Waals surface area contributed by atoms with Crippen LogP contribution in [0.15, 0.2) is 47.1 Å². The van der Waals surface area contributed by atoms with Crippen LogP contribution >= 0.6 is 0 Å². The van der Waals surface area contributed by atoms with Crippen molar-refractivity contribution >= 4 is 0 Å². The zero-order valence-corrected chi connectivity index (χ0v) is 31.8. The van der Waals surface area contributed by atoms with Crippen molar-refractivity contribution in [1.82, 2.24) is 0 Å². The summed E-state index contributed by atoms with van der Waals surface area (Å²) in [7, 11) is 0. The molecule has 0 spiro atoms. The van der Waals surface area contributed by atoms with Gasteiger partial charge < -0.3 is 24.8 Å². The molecule has 0 aliphatic heterocycles. The van der Waals surface area contributed by atoms with E-state index in [-0.39, 0.29) is 72.7 Å². The first kappa shape index (κ1) is 36.4. The molecule has 2 aromatic rings. The van der Waals surface area contributed by atoms with E-state index in [1.54, 1.807) is 27.8 Å². The third-order valence-electron chi connectivity index (χ3n) is 10.1. The fourth-order valence-electron chi connectivity index (χ4n) is 8.01. The molecule has 1 atom stereocenters. The van der Waals surface area contributed by atoms with Gasteiger partial charge in [-0.05, 0) is 81.0 Å². The van der Waals surface area contributed by atoms with Gasteiger partial charge in [0.1, 0.15) is 0 Å². The van der Waals surface area contributed by atoms with Crippen LogP contribution < -0.4 is 24.8 Å². The van der Waals surface area contributed by atoms with E-state index in [2.05, 4.69) is 127 Å². The number of aryl methyl sites for hydroxylation is 2. The molecule has 5 rings (SSSR count). The van der Waals surface area contributed by atoms with Crippen molar-refractivity contribution < 1.29 is 51.0 Å². The van der Waals surface area contributed by atoms with Crippen LogP contribution in [0.3, 0.4) is 0 Å². The quantitative estimate of drug-likeness (QED) is 0.398. The van der Waals surface area contributed by atoms with Crippen LogP contribution in [0.1, 0.15) is 128 Å². The second-order valence-corrected chi connectivity index (χ2v) is 16.1. The third-order valence-corrected chi connectivity index (χ3v) is 10.1. The van der Waals surface area contributed by atoms with Crippen molar-refractivity contribution in [2.75, 3.05) is 0 Å². The van der Waals surface area contributed by atoms with Crippen molar-refractivity contribution in [2.45, 2.75) is 120 Å². The van der Waals surface area contributed by atoms with Gasteiger partial charge in [0.05, 0.1) is 0 Å². The molecule has 3 heteroatoms. The van der Waals surface area contributed by atoms with Crippen LogP contribution in [0.2, 0.25) is 0 Å². The zero-order valence-electron chi connectivity index (χ0n) is 27.8.